The molecule has 0 atom stereocenters. The van der Waals surface area contributed by atoms with Gasteiger partial charge in [-0.25, -0.2) is 19.6 Å². The van der Waals surface area contributed by atoms with Gasteiger partial charge in [0.1, 0.15) is 16.6 Å². The van der Waals surface area contributed by atoms with Crippen LogP contribution < -0.4 is 10.2 Å². The smallest absolute Gasteiger partial charge is 0.409 e. The molecule has 0 spiro atoms. The number of piperidine rings is 1. The van der Waals surface area contributed by atoms with Crippen molar-refractivity contribution in [1.29, 1.82) is 0 Å². The average molecular weight is 504 g/mol. The molecule has 4 aliphatic heterocycles. The van der Waals surface area contributed by atoms with E-state index >= 15 is 0 Å². The predicted molar refractivity (Wildman–Crippen MR) is 137 cm³/mol. The number of ether oxygens (including phenoxy) is 1. The van der Waals surface area contributed by atoms with E-state index in [9.17, 15) is 9.18 Å². The van der Waals surface area contributed by atoms with E-state index in [0.717, 1.165) is 61.9 Å². The number of hydrazine groups is 1. The number of hydrogen-bond donors (Lipinski definition) is 1. The molecule has 1 N–H and O–H groups in total. The summed E-state index contributed by atoms with van der Waals surface area (Å²) < 4.78 is 19.8. The first-order chi connectivity index (χ1) is 16.6. The van der Waals surface area contributed by atoms with E-state index in [1.54, 1.807) is 11.0 Å². The van der Waals surface area contributed by atoms with Crippen molar-refractivity contribution in [1.82, 2.24) is 20.2 Å². The molecule has 0 radical (unpaired) electrons. The van der Waals surface area contributed by atoms with Crippen LogP contribution in [0.1, 0.15) is 44.1 Å². The number of aliphatic imine (C=N–C) groups is 1. The highest BCUT2D eigenvalue weighted by molar-refractivity contribution is 8.19. The van der Waals surface area contributed by atoms with Gasteiger partial charge in [0.2, 0.25) is 0 Å². The topological polar surface area (TPSA) is 60.4 Å². The van der Waals surface area contributed by atoms with Gasteiger partial charge in [0.05, 0.1) is 4.91 Å². The van der Waals surface area contributed by atoms with E-state index in [0.29, 0.717) is 29.7 Å². The summed E-state index contributed by atoms with van der Waals surface area (Å²) >= 11 is 6.95. The lowest BCUT2D eigenvalue weighted by Crippen LogP contribution is -2.46. The highest BCUT2D eigenvalue weighted by atomic mass is 32.2. The lowest BCUT2D eigenvalue weighted by Gasteiger charge is -2.36. The standard InChI is InChI=1S/C24H30FN5O2S2/c25-18-6-5-17(15-21-22(33)27-23(34-21)30-12-2-1-9-26-30)20(16-18)32-24(31)29-13-7-19(8-14-29)28-10-3-4-11-28/h5-6,15-16,19,26H,1-4,7-14H2/b21-15-. The van der Waals surface area contributed by atoms with Crippen LogP contribution in [-0.2, 0) is 0 Å². The predicted octanol–water partition coefficient (Wildman–Crippen LogP) is 4.26. The molecule has 0 unspecified atom stereocenters. The highest BCUT2D eigenvalue weighted by Crippen LogP contribution is 2.34. The largest absolute Gasteiger partial charge is 0.415 e. The highest BCUT2D eigenvalue weighted by Gasteiger charge is 2.30. The zero-order valence-electron chi connectivity index (χ0n) is 19.2. The van der Waals surface area contributed by atoms with E-state index < -0.39 is 11.9 Å². The fraction of sp³-hybridized carbons (Fsp3) is 0.542. The van der Waals surface area contributed by atoms with Crippen molar-refractivity contribution in [2.24, 2.45) is 4.99 Å². The number of hydrogen-bond acceptors (Lipinski definition) is 7. The Kier molecular flexibility index (Phi) is 7.48. The number of rotatable bonds is 3. The molecular formula is C24H30FN5O2S2. The fourth-order valence-electron chi connectivity index (χ4n) is 4.90. The summed E-state index contributed by atoms with van der Waals surface area (Å²) in [7, 11) is 0. The number of nitrogens with zero attached hydrogens (tertiary/aromatic N) is 4. The third kappa shape index (κ3) is 5.45. The van der Waals surface area contributed by atoms with Crippen molar-refractivity contribution in [2.45, 2.75) is 44.6 Å². The summed E-state index contributed by atoms with van der Waals surface area (Å²) in [6, 6.07) is 4.79. The number of amides is 1. The second-order valence-electron chi connectivity index (χ2n) is 9.09. The van der Waals surface area contributed by atoms with Gasteiger partial charge in [-0.3, -0.25) is 5.01 Å². The normalized spacial score (nSPS) is 23.6. The van der Waals surface area contributed by atoms with Crippen LogP contribution in [0.4, 0.5) is 9.18 Å². The molecule has 34 heavy (non-hydrogen) atoms. The molecule has 3 saturated heterocycles. The second kappa shape index (κ2) is 10.7. The van der Waals surface area contributed by atoms with Gasteiger partial charge in [-0.2, -0.15) is 0 Å². The summed E-state index contributed by atoms with van der Waals surface area (Å²) in [5.74, 6) is -0.249. The number of likely N-dealkylation sites (tertiary alicyclic amines) is 2. The van der Waals surface area contributed by atoms with Crippen molar-refractivity contribution >= 4 is 46.3 Å². The molecule has 4 heterocycles. The van der Waals surface area contributed by atoms with Gasteiger partial charge in [0.15, 0.2) is 5.17 Å². The van der Waals surface area contributed by atoms with Gasteiger partial charge in [-0.1, -0.05) is 12.2 Å². The number of nitrogens with one attached hydrogen (secondary N) is 1. The first-order valence-electron chi connectivity index (χ1n) is 12.1. The number of thiocarbonyl (C=S) groups is 1. The molecule has 7 nitrogen and oxygen atoms in total. The zero-order valence-corrected chi connectivity index (χ0v) is 20.8. The average Bonchev–Trinajstić information content (AvgIpc) is 3.52. The van der Waals surface area contributed by atoms with Crippen LogP contribution in [0.25, 0.3) is 6.08 Å². The maximum atomic E-state index is 14.1. The molecule has 182 valence electrons. The number of thioether (sulfide) groups is 1. The van der Waals surface area contributed by atoms with Gasteiger partial charge < -0.3 is 14.5 Å². The van der Waals surface area contributed by atoms with Gasteiger partial charge in [-0.05, 0) is 81.6 Å². The van der Waals surface area contributed by atoms with Crippen molar-refractivity contribution in [2.75, 3.05) is 39.3 Å². The first kappa shape index (κ1) is 23.7. The monoisotopic (exact) mass is 503 g/mol. The van der Waals surface area contributed by atoms with E-state index in [2.05, 4.69) is 15.3 Å². The minimum Gasteiger partial charge on any atom is -0.409 e. The Morgan fingerprint density at radius 3 is 2.65 bits per heavy atom. The Morgan fingerprint density at radius 2 is 1.91 bits per heavy atom. The van der Waals surface area contributed by atoms with E-state index in [4.69, 9.17) is 17.0 Å². The third-order valence-corrected chi connectivity index (χ3v) is 8.26. The van der Waals surface area contributed by atoms with Crippen molar-refractivity contribution in [3.8, 4) is 5.75 Å². The summed E-state index contributed by atoms with van der Waals surface area (Å²) in [6.45, 7) is 5.44. The maximum absolute atomic E-state index is 14.1. The SMILES string of the molecule is O=C(Oc1cc(F)ccc1/C=C1\SC(N2CCCCN2)=NC1=S)N1CCC(N2CCCC2)CC1. The van der Waals surface area contributed by atoms with Crippen LogP contribution in [0.3, 0.4) is 0 Å². The maximum Gasteiger partial charge on any atom is 0.415 e. The van der Waals surface area contributed by atoms with E-state index in [-0.39, 0.29) is 5.75 Å². The van der Waals surface area contributed by atoms with Crippen molar-refractivity contribution < 1.29 is 13.9 Å². The van der Waals surface area contributed by atoms with Crippen LogP contribution in [0, 0.1) is 5.82 Å². The molecule has 3 fully saturated rings. The summed E-state index contributed by atoms with van der Waals surface area (Å²) in [4.78, 5) is 23.0. The van der Waals surface area contributed by atoms with Crippen LogP contribution >= 0.6 is 24.0 Å². The van der Waals surface area contributed by atoms with Gasteiger partial charge in [0.25, 0.3) is 0 Å². The van der Waals surface area contributed by atoms with Crippen LogP contribution in [0.5, 0.6) is 5.75 Å². The quantitative estimate of drug-likeness (QED) is 0.489. The molecule has 10 heteroatoms. The zero-order chi connectivity index (χ0) is 23.5. The molecule has 1 aromatic rings. The Balaban J connectivity index is 1.24. The molecule has 0 aromatic heterocycles. The summed E-state index contributed by atoms with van der Waals surface area (Å²) in [5, 5.41) is 2.84. The molecule has 1 amide bonds. The molecule has 0 saturated carbocycles. The minimum absolute atomic E-state index is 0.201. The number of halogens is 1. The molecule has 0 bridgehead atoms. The van der Waals surface area contributed by atoms with Gasteiger partial charge >= 0.3 is 6.09 Å². The van der Waals surface area contributed by atoms with E-state index in [1.165, 1.54) is 36.7 Å². The number of amidine groups is 1. The summed E-state index contributed by atoms with van der Waals surface area (Å²) in [5.41, 5.74) is 3.94. The van der Waals surface area contributed by atoms with Crippen LogP contribution in [0.15, 0.2) is 28.1 Å². The molecule has 1 aromatic carbocycles. The van der Waals surface area contributed by atoms with Crippen LogP contribution in [-0.4, -0.2) is 76.4 Å². The molecule has 5 rings (SSSR count). The Hall–Kier alpha value is -2.01. The van der Waals surface area contributed by atoms with Gasteiger partial charge in [0, 0.05) is 43.9 Å². The molecule has 4 aliphatic rings. The number of carbonyl (C=O) groups excluding carboxylic acids is 1. The van der Waals surface area contributed by atoms with Crippen LogP contribution in [0.2, 0.25) is 0 Å². The fourth-order valence-corrected chi connectivity index (χ4v) is 6.15. The Bertz CT molecular complexity index is 997. The van der Waals surface area contributed by atoms with Gasteiger partial charge in [-0.15, -0.1) is 0 Å². The lowest BCUT2D eigenvalue weighted by molar-refractivity contribution is 0.109. The second-order valence-corrected chi connectivity index (χ2v) is 10.5. The molecular weight excluding hydrogens is 473 g/mol. The van der Waals surface area contributed by atoms with Crippen molar-refractivity contribution in [3.05, 3.63) is 34.5 Å². The Labute approximate surface area is 209 Å². The first-order valence-corrected chi connectivity index (χ1v) is 13.3. The number of carbonyl (C=O) groups is 1. The number of benzene rings is 1. The minimum atomic E-state index is -0.450. The van der Waals surface area contributed by atoms with Crippen molar-refractivity contribution in [3.63, 3.8) is 0 Å². The molecule has 0 aliphatic carbocycles. The summed E-state index contributed by atoms with van der Waals surface area (Å²) in [6.07, 6.45) is 8.07. The van der Waals surface area contributed by atoms with E-state index in [1.807, 2.05) is 11.1 Å². The third-order valence-electron chi connectivity index (χ3n) is 6.79. The lowest BCUT2D eigenvalue weighted by atomic mass is 10.0. The Morgan fingerprint density at radius 1 is 1.15 bits per heavy atom.